The van der Waals surface area contributed by atoms with Crippen molar-refractivity contribution in [2.24, 2.45) is 0 Å². The molecule has 18 heavy (non-hydrogen) atoms. The van der Waals surface area contributed by atoms with Crippen LogP contribution >= 0.6 is 27.5 Å². The average Bonchev–Trinajstić information content (AvgIpc) is 2.36. The van der Waals surface area contributed by atoms with E-state index in [1.165, 1.54) is 6.33 Å². The zero-order valence-electron chi connectivity index (χ0n) is 9.23. The predicted octanol–water partition coefficient (Wildman–Crippen LogP) is 3.32. The molecule has 0 amide bonds. The zero-order valence-corrected chi connectivity index (χ0v) is 11.6. The minimum absolute atomic E-state index is 0.150. The van der Waals surface area contributed by atoms with E-state index in [2.05, 4.69) is 31.2 Å². The van der Waals surface area contributed by atoms with E-state index in [4.69, 9.17) is 11.6 Å². The highest BCUT2D eigenvalue weighted by Crippen LogP contribution is 2.18. The molecule has 1 heterocycles. The Morgan fingerprint density at radius 2 is 2.22 bits per heavy atom. The number of carbonyl (C=O) groups is 1. The van der Waals surface area contributed by atoms with Crippen LogP contribution in [0.1, 0.15) is 15.9 Å². The van der Waals surface area contributed by atoms with Gasteiger partial charge in [0.1, 0.15) is 17.3 Å². The molecule has 0 unspecified atom stereocenters. The molecule has 2 aromatic rings. The van der Waals surface area contributed by atoms with Crippen molar-refractivity contribution in [2.45, 2.75) is 6.54 Å². The fourth-order valence-corrected chi connectivity index (χ4v) is 2.08. The summed E-state index contributed by atoms with van der Waals surface area (Å²) in [6.07, 6.45) is 1.96. The highest BCUT2D eigenvalue weighted by Gasteiger charge is 2.08. The van der Waals surface area contributed by atoms with Gasteiger partial charge >= 0.3 is 0 Å². The predicted molar refractivity (Wildman–Crippen MR) is 73.9 cm³/mol. The summed E-state index contributed by atoms with van der Waals surface area (Å²) in [6.45, 7) is 0.549. The van der Waals surface area contributed by atoms with Gasteiger partial charge in [-0.3, -0.25) is 4.79 Å². The fourth-order valence-electron chi connectivity index (χ4n) is 1.45. The number of hydrogen-bond acceptors (Lipinski definition) is 4. The van der Waals surface area contributed by atoms with E-state index in [0.29, 0.717) is 18.6 Å². The van der Waals surface area contributed by atoms with Gasteiger partial charge in [-0.25, -0.2) is 9.97 Å². The number of nitrogens with zero attached hydrogens (tertiary/aromatic N) is 2. The van der Waals surface area contributed by atoms with Crippen LogP contribution in [0, 0.1) is 0 Å². The summed E-state index contributed by atoms with van der Waals surface area (Å²) in [5.41, 5.74) is 1.34. The molecule has 0 saturated heterocycles. The third-order valence-electron chi connectivity index (χ3n) is 2.30. The average molecular weight is 327 g/mol. The maximum Gasteiger partial charge on any atom is 0.156 e. The Hall–Kier alpha value is -1.46. The Morgan fingerprint density at radius 1 is 1.39 bits per heavy atom. The minimum Gasteiger partial charge on any atom is -0.365 e. The zero-order chi connectivity index (χ0) is 13.0. The van der Waals surface area contributed by atoms with Gasteiger partial charge < -0.3 is 5.32 Å². The molecule has 0 spiro atoms. The van der Waals surface area contributed by atoms with E-state index in [9.17, 15) is 4.79 Å². The largest absolute Gasteiger partial charge is 0.365 e. The summed E-state index contributed by atoms with van der Waals surface area (Å²) in [5, 5.41) is 3.21. The lowest BCUT2D eigenvalue weighted by atomic mass is 10.2. The maximum absolute atomic E-state index is 10.9. The van der Waals surface area contributed by atoms with Crippen LogP contribution in [0.4, 0.5) is 5.82 Å². The first-order chi connectivity index (χ1) is 8.70. The lowest BCUT2D eigenvalue weighted by molar-refractivity contribution is 0.112. The maximum atomic E-state index is 10.9. The summed E-state index contributed by atoms with van der Waals surface area (Å²) in [7, 11) is 0. The number of hydrogen-bond donors (Lipinski definition) is 1. The van der Waals surface area contributed by atoms with Crippen molar-refractivity contribution in [3.63, 3.8) is 0 Å². The smallest absolute Gasteiger partial charge is 0.156 e. The van der Waals surface area contributed by atoms with Gasteiger partial charge in [-0.05, 0) is 17.7 Å². The first-order valence-corrected chi connectivity index (χ1v) is 6.32. The molecule has 0 aliphatic rings. The second-order valence-electron chi connectivity index (χ2n) is 3.53. The molecule has 1 aromatic carbocycles. The number of aromatic nitrogens is 2. The van der Waals surface area contributed by atoms with Crippen molar-refractivity contribution in [1.82, 2.24) is 9.97 Å². The molecule has 4 nitrogen and oxygen atoms in total. The number of benzene rings is 1. The topological polar surface area (TPSA) is 54.9 Å². The number of carbonyl (C=O) groups excluding carboxylic acids is 1. The summed E-state index contributed by atoms with van der Waals surface area (Å²) < 4.78 is 0.998. The molecule has 0 atom stereocenters. The summed E-state index contributed by atoms with van der Waals surface area (Å²) >= 11 is 9.20. The van der Waals surface area contributed by atoms with Crippen LogP contribution in [-0.4, -0.2) is 16.3 Å². The number of aldehydes is 1. The van der Waals surface area contributed by atoms with Gasteiger partial charge in [-0.15, -0.1) is 0 Å². The van der Waals surface area contributed by atoms with E-state index in [-0.39, 0.29) is 10.7 Å². The van der Waals surface area contributed by atoms with Crippen molar-refractivity contribution >= 4 is 39.6 Å². The van der Waals surface area contributed by atoms with E-state index >= 15 is 0 Å². The Balaban J connectivity index is 2.15. The Morgan fingerprint density at radius 3 is 2.94 bits per heavy atom. The van der Waals surface area contributed by atoms with Gasteiger partial charge in [0.15, 0.2) is 6.29 Å². The first kappa shape index (κ1) is 13.0. The highest BCUT2D eigenvalue weighted by molar-refractivity contribution is 9.10. The molecule has 0 aliphatic heterocycles. The summed E-state index contributed by atoms with van der Waals surface area (Å²) in [4.78, 5) is 18.7. The molecule has 0 saturated carbocycles. The molecule has 2 rings (SSSR count). The standard InChI is InChI=1S/C12H9BrClN3O/c13-9-3-1-2-8(4-9)5-15-12-10(6-18)11(14)16-7-17-12/h1-4,6-7H,5H2,(H,15,16,17). The van der Waals surface area contributed by atoms with Gasteiger partial charge in [0, 0.05) is 11.0 Å². The van der Waals surface area contributed by atoms with Crippen LogP contribution in [0.5, 0.6) is 0 Å². The Labute approximate surface area is 118 Å². The minimum atomic E-state index is 0.150. The van der Waals surface area contributed by atoms with Crippen LogP contribution in [0.25, 0.3) is 0 Å². The number of anilines is 1. The normalized spacial score (nSPS) is 10.1. The lowest BCUT2D eigenvalue weighted by Gasteiger charge is -2.08. The van der Waals surface area contributed by atoms with Crippen LogP contribution in [-0.2, 0) is 6.54 Å². The molecule has 6 heteroatoms. The molecular weight excluding hydrogens is 318 g/mol. The number of halogens is 2. The lowest BCUT2D eigenvalue weighted by Crippen LogP contribution is -2.05. The SMILES string of the molecule is O=Cc1c(Cl)ncnc1NCc1cccc(Br)c1. The molecule has 1 aromatic heterocycles. The van der Waals surface area contributed by atoms with Crippen molar-refractivity contribution in [3.05, 3.63) is 51.3 Å². The number of rotatable bonds is 4. The van der Waals surface area contributed by atoms with Gasteiger partial charge in [-0.1, -0.05) is 39.7 Å². The second-order valence-corrected chi connectivity index (χ2v) is 4.80. The molecule has 92 valence electrons. The third kappa shape index (κ3) is 3.05. The Kier molecular flexibility index (Phi) is 4.28. The molecule has 0 bridgehead atoms. The van der Waals surface area contributed by atoms with Crippen LogP contribution < -0.4 is 5.32 Å². The first-order valence-electron chi connectivity index (χ1n) is 5.14. The molecule has 1 N–H and O–H groups in total. The molecule has 0 aliphatic carbocycles. The van der Waals surface area contributed by atoms with E-state index in [1.54, 1.807) is 0 Å². The van der Waals surface area contributed by atoms with E-state index in [0.717, 1.165) is 10.0 Å². The summed E-state index contributed by atoms with van der Waals surface area (Å²) in [5.74, 6) is 0.435. The van der Waals surface area contributed by atoms with Gasteiger partial charge in [0.25, 0.3) is 0 Å². The Bertz CT molecular complexity index is 577. The van der Waals surface area contributed by atoms with Crippen molar-refractivity contribution in [1.29, 1.82) is 0 Å². The molecular formula is C12H9BrClN3O. The highest BCUT2D eigenvalue weighted by atomic mass is 79.9. The monoisotopic (exact) mass is 325 g/mol. The second kappa shape index (κ2) is 5.93. The number of nitrogens with one attached hydrogen (secondary N) is 1. The quantitative estimate of drug-likeness (QED) is 0.692. The van der Waals surface area contributed by atoms with Gasteiger partial charge in [0.2, 0.25) is 0 Å². The van der Waals surface area contributed by atoms with Crippen LogP contribution in [0.15, 0.2) is 35.1 Å². The fraction of sp³-hybridized carbons (Fsp3) is 0.0833. The van der Waals surface area contributed by atoms with E-state index in [1.807, 2.05) is 24.3 Å². The molecule has 0 radical (unpaired) electrons. The van der Waals surface area contributed by atoms with Crippen molar-refractivity contribution in [3.8, 4) is 0 Å². The van der Waals surface area contributed by atoms with Crippen LogP contribution in [0.2, 0.25) is 5.15 Å². The molecule has 0 fully saturated rings. The third-order valence-corrected chi connectivity index (χ3v) is 3.10. The van der Waals surface area contributed by atoms with Crippen LogP contribution in [0.3, 0.4) is 0 Å². The van der Waals surface area contributed by atoms with Gasteiger partial charge in [0.05, 0.1) is 5.56 Å². The van der Waals surface area contributed by atoms with Gasteiger partial charge in [-0.2, -0.15) is 0 Å². The summed E-state index contributed by atoms with van der Waals surface area (Å²) in [6, 6.07) is 7.84. The van der Waals surface area contributed by atoms with Crippen molar-refractivity contribution < 1.29 is 4.79 Å². The van der Waals surface area contributed by atoms with E-state index < -0.39 is 0 Å². The van der Waals surface area contributed by atoms with Crippen molar-refractivity contribution in [2.75, 3.05) is 5.32 Å².